The van der Waals surface area contributed by atoms with Crippen LogP contribution in [0, 0.1) is 0 Å². The number of ether oxygens (including phenoxy) is 1. The van der Waals surface area contributed by atoms with Crippen molar-refractivity contribution < 1.29 is 9.84 Å². The fraction of sp³-hybridized carbons (Fsp3) is 0.500. The lowest BCUT2D eigenvalue weighted by atomic mass is 10.3. The second-order valence-electron chi connectivity index (χ2n) is 2.95. The second kappa shape index (κ2) is 6.21. The van der Waals surface area contributed by atoms with E-state index in [1.54, 1.807) is 13.3 Å². The summed E-state index contributed by atoms with van der Waals surface area (Å²) in [6, 6.07) is 3.74. The summed E-state index contributed by atoms with van der Waals surface area (Å²) >= 11 is 0. The highest BCUT2D eigenvalue weighted by Gasteiger charge is 1.93. The van der Waals surface area contributed by atoms with Crippen LogP contribution in [-0.2, 0) is 0 Å². The number of hydrogen-bond donors (Lipinski definition) is 2. The van der Waals surface area contributed by atoms with Crippen molar-refractivity contribution in [1.82, 2.24) is 4.98 Å². The summed E-state index contributed by atoms with van der Waals surface area (Å²) in [5, 5.41) is 11.8. The standard InChI is InChI=1S/C10H16N2O2/c1-14-10-5-4-9(8-12-10)11-6-2-3-7-13/h4-5,8,11,13H,2-3,6-7H2,1H3. The molecule has 0 aliphatic heterocycles. The number of methoxy groups -OCH3 is 1. The first-order chi connectivity index (χ1) is 6.86. The third-order valence-corrected chi connectivity index (χ3v) is 1.86. The minimum Gasteiger partial charge on any atom is -0.481 e. The van der Waals surface area contributed by atoms with Gasteiger partial charge >= 0.3 is 0 Å². The van der Waals surface area contributed by atoms with Crippen LogP contribution in [0.2, 0.25) is 0 Å². The van der Waals surface area contributed by atoms with Crippen LogP contribution in [0.15, 0.2) is 18.3 Å². The smallest absolute Gasteiger partial charge is 0.213 e. The molecule has 1 aromatic rings. The Bertz CT molecular complexity index is 249. The molecule has 0 amide bonds. The molecule has 14 heavy (non-hydrogen) atoms. The maximum Gasteiger partial charge on any atom is 0.213 e. The van der Waals surface area contributed by atoms with Crippen molar-refractivity contribution in [2.75, 3.05) is 25.6 Å². The summed E-state index contributed by atoms with van der Waals surface area (Å²) in [5.74, 6) is 0.617. The van der Waals surface area contributed by atoms with E-state index in [2.05, 4.69) is 10.3 Å². The molecule has 0 aromatic carbocycles. The average Bonchev–Trinajstić information content (AvgIpc) is 2.25. The zero-order valence-corrected chi connectivity index (χ0v) is 8.36. The first-order valence-electron chi connectivity index (χ1n) is 4.71. The van der Waals surface area contributed by atoms with Gasteiger partial charge in [-0.15, -0.1) is 0 Å². The molecule has 0 aliphatic carbocycles. The summed E-state index contributed by atoms with van der Waals surface area (Å²) in [6.45, 7) is 1.11. The summed E-state index contributed by atoms with van der Waals surface area (Å²) in [5.41, 5.74) is 0.976. The van der Waals surface area contributed by atoms with Crippen molar-refractivity contribution in [2.24, 2.45) is 0 Å². The second-order valence-corrected chi connectivity index (χ2v) is 2.95. The van der Waals surface area contributed by atoms with E-state index in [9.17, 15) is 0 Å². The van der Waals surface area contributed by atoms with Gasteiger partial charge in [0.05, 0.1) is 19.0 Å². The maximum absolute atomic E-state index is 8.58. The lowest BCUT2D eigenvalue weighted by molar-refractivity contribution is 0.286. The van der Waals surface area contributed by atoms with Crippen LogP contribution in [0.4, 0.5) is 5.69 Å². The lowest BCUT2D eigenvalue weighted by Gasteiger charge is -2.05. The van der Waals surface area contributed by atoms with Gasteiger partial charge in [0, 0.05) is 19.2 Å². The number of rotatable bonds is 6. The molecule has 4 nitrogen and oxygen atoms in total. The van der Waals surface area contributed by atoms with E-state index in [1.807, 2.05) is 12.1 Å². The van der Waals surface area contributed by atoms with Gasteiger partial charge in [0.1, 0.15) is 0 Å². The fourth-order valence-corrected chi connectivity index (χ4v) is 1.08. The number of pyridine rings is 1. The Morgan fingerprint density at radius 1 is 1.43 bits per heavy atom. The van der Waals surface area contributed by atoms with Crippen molar-refractivity contribution in [3.8, 4) is 5.88 Å². The number of aromatic nitrogens is 1. The van der Waals surface area contributed by atoms with E-state index >= 15 is 0 Å². The maximum atomic E-state index is 8.58. The normalized spacial score (nSPS) is 9.86. The van der Waals surface area contributed by atoms with Gasteiger partial charge in [-0.2, -0.15) is 0 Å². The third-order valence-electron chi connectivity index (χ3n) is 1.86. The van der Waals surface area contributed by atoms with Crippen molar-refractivity contribution in [2.45, 2.75) is 12.8 Å². The first-order valence-corrected chi connectivity index (χ1v) is 4.71. The van der Waals surface area contributed by atoms with Gasteiger partial charge in [-0.3, -0.25) is 0 Å². The predicted molar refractivity (Wildman–Crippen MR) is 55.6 cm³/mol. The van der Waals surface area contributed by atoms with Gasteiger partial charge in [-0.25, -0.2) is 4.98 Å². The van der Waals surface area contributed by atoms with Gasteiger partial charge in [0.2, 0.25) is 5.88 Å². The number of nitrogens with zero attached hydrogens (tertiary/aromatic N) is 1. The van der Waals surface area contributed by atoms with Crippen LogP contribution in [0.25, 0.3) is 0 Å². The highest BCUT2D eigenvalue weighted by atomic mass is 16.5. The molecule has 0 bridgehead atoms. The van der Waals surface area contributed by atoms with Crippen LogP contribution in [0.1, 0.15) is 12.8 Å². The van der Waals surface area contributed by atoms with Gasteiger partial charge in [0.15, 0.2) is 0 Å². The van der Waals surface area contributed by atoms with Gasteiger partial charge in [-0.1, -0.05) is 0 Å². The van der Waals surface area contributed by atoms with Crippen molar-refractivity contribution in [3.05, 3.63) is 18.3 Å². The van der Waals surface area contributed by atoms with Crippen LogP contribution in [0.5, 0.6) is 5.88 Å². The topological polar surface area (TPSA) is 54.4 Å². The Morgan fingerprint density at radius 3 is 2.86 bits per heavy atom. The van der Waals surface area contributed by atoms with E-state index in [0.717, 1.165) is 25.1 Å². The molecule has 0 saturated carbocycles. The van der Waals surface area contributed by atoms with Crippen molar-refractivity contribution in [3.63, 3.8) is 0 Å². The zero-order valence-electron chi connectivity index (χ0n) is 8.36. The summed E-state index contributed by atoms with van der Waals surface area (Å²) in [4.78, 5) is 4.06. The van der Waals surface area contributed by atoms with Gasteiger partial charge in [0.25, 0.3) is 0 Å². The molecular weight excluding hydrogens is 180 g/mol. The van der Waals surface area contributed by atoms with E-state index in [0.29, 0.717) is 5.88 Å². The molecule has 4 heteroatoms. The average molecular weight is 196 g/mol. The monoisotopic (exact) mass is 196 g/mol. The summed E-state index contributed by atoms with van der Waals surface area (Å²) < 4.78 is 4.94. The van der Waals surface area contributed by atoms with Crippen LogP contribution in [-0.4, -0.2) is 30.4 Å². The Labute approximate surface area is 83.9 Å². The molecule has 0 atom stereocenters. The Balaban J connectivity index is 2.29. The van der Waals surface area contributed by atoms with Crippen LogP contribution >= 0.6 is 0 Å². The van der Waals surface area contributed by atoms with Gasteiger partial charge < -0.3 is 15.2 Å². The molecular formula is C10H16N2O2. The van der Waals surface area contributed by atoms with E-state index in [4.69, 9.17) is 9.84 Å². The molecule has 2 N–H and O–H groups in total. The minimum atomic E-state index is 0.253. The number of aliphatic hydroxyl groups excluding tert-OH is 1. The summed E-state index contributed by atoms with van der Waals surface area (Å²) in [6.07, 6.45) is 3.52. The number of unbranched alkanes of at least 4 members (excludes halogenated alkanes) is 1. The summed E-state index contributed by atoms with van der Waals surface area (Å²) in [7, 11) is 1.59. The molecule has 78 valence electrons. The minimum absolute atomic E-state index is 0.253. The fourth-order valence-electron chi connectivity index (χ4n) is 1.08. The molecule has 1 heterocycles. The van der Waals surface area contributed by atoms with Crippen molar-refractivity contribution >= 4 is 5.69 Å². The van der Waals surface area contributed by atoms with Crippen LogP contribution < -0.4 is 10.1 Å². The first kappa shape index (κ1) is 10.8. The van der Waals surface area contributed by atoms with Crippen molar-refractivity contribution in [1.29, 1.82) is 0 Å². The number of hydrogen-bond acceptors (Lipinski definition) is 4. The Morgan fingerprint density at radius 2 is 2.29 bits per heavy atom. The van der Waals surface area contributed by atoms with E-state index in [-0.39, 0.29) is 6.61 Å². The van der Waals surface area contributed by atoms with Gasteiger partial charge in [-0.05, 0) is 18.9 Å². The molecule has 0 spiro atoms. The predicted octanol–water partition coefficient (Wildman–Crippen LogP) is 1.27. The van der Waals surface area contributed by atoms with E-state index in [1.165, 1.54) is 0 Å². The highest BCUT2D eigenvalue weighted by molar-refractivity contribution is 5.41. The molecule has 1 aromatic heterocycles. The highest BCUT2D eigenvalue weighted by Crippen LogP contribution is 2.10. The number of anilines is 1. The Hall–Kier alpha value is -1.29. The quantitative estimate of drug-likeness (QED) is 0.673. The number of aliphatic hydroxyl groups is 1. The molecule has 0 radical (unpaired) electrons. The largest absolute Gasteiger partial charge is 0.481 e. The molecule has 0 saturated heterocycles. The molecule has 0 unspecified atom stereocenters. The SMILES string of the molecule is COc1ccc(NCCCCO)cn1. The lowest BCUT2D eigenvalue weighted by Crippen LogP contribution is -2.02. The molecule has 1 rings (SSSR count). The van der Waals surface area contributed by atoms with E-state index < -0.39 is 0 Å². The molecule has 0 fully saturated rings. The Kier molecular flexibility index (Phi) is 4.78. The molecule has 0 aliphatic rings. The third kappa shape index (κ3) is 3.62. The zero-order chi connectivity index (χ0) is 10.2. The van der Waals surface area contributed by atoms with Crippen LogP contribution in [0.3, 0.4) is 0 Å². The number of nitrogens with one attached hydrogen (secondary N) is 1.